The summed E-state index contributed by atoms with van der Waals surface area (Å²) < 4.78 is 13.6. The Labute approximate surface area is 112 Å². The molecular weight excluding hydrogens is 247 g/mol. The van der Waals surface area contributed by atoms with Crippen molar-refractivity contribution in [3.05, 3.63) is 29.6 Å². The summed E-state index contributed by atoms with van der Waals surface area (Å²) >= 11 is 0. The molecule has 2 N–H and O–H groups in total. The lowest BCUT2D eigenvalue weighted by Gasteiger charge is -2.21. The number of nitrogens with one attached hydrogen (secondary N) is 2. The third-order valence-electron chi connectivity index (χ3n) is 2.69. The van der Waals surface area contributed by atoms with Gasteiger partial charge >= 0.3 is 0 Å². The molecule has 0 heterocycles. The van der Waals surface area contributed by atoms with Crippen LogP contribution in [-0.4, -0.2) is 17.9 Å². The van der Waals surface area contributed by atoms with Gasteiger partial charge in [0.15, 0.2) is 0 Å². The molecule has 0 radical (unpaired) electrons. The van der Waals surface area contributed by atoms with Crippen molar-refractivity contribution < 1.29 is 14.0 Å². The normalized spacial score (nSPS) is 12.1. The standard InChI is InChI=1S/C14H19FN2O2/c1-8(2)13(16-10(4)18)14(19)17-12-6-5-9(3)7-11(12)15/h5-8,13H,1-4H3,(H,16,18)(H,17,19)/t13-/m0/s1. The summed E-state index contributed by atoms with van der Waals surface area (Å²) in [7, 11) is 0. The van der Waals surface area contributed by atoms with Crippen LogP contribution in [0.3, 0.4) is 0 Å². The van der Waals surface area contributed by atoms with E-state index in [2.05, 4.69) is 10.6 Å². The molecule has 1 atom stereocenters. The maximum atomic E-state index is 13.6. The molecular formula is C14H19FN2O2. The second kappa shape index (κ2) is 6.31. The minimum atomic E-state index is -0.682. The molecule has 0 aromatic heterocycles. The first kappa shape index (κ1) is 15.1. The lowest BCUT2D eigenvalue weighted by molar-refractivity contribution is -0.126. The van der Waals surface area contributed by atoms with Gasteiger partial charge in [0, 0.05) is 6.92 Å². The molecule has 4 nitrogen and oxygen atoms in total. The molecule has 1 aromatic carbocycles. The minimum Gasteiger partial charge on any atom is -0.344 e. The van der Waals surface area contributed by atoms with Gasteiger partial charge in [0.2, 0.25) is 11.8 Å². The predicted octanol–water partition coefficient (Wildman–Crippen LogP) is 2.23. The Hall–Kier alpha value is -1.91. The zero-order chi connectivity index (χ0) is 14.6. The van der Waals surface area contributed by atoms with Gasteiger partial charge in [-0.2, -0.15) is 0 Å². The van der Waals surface area contributed by atoms with E-state index in [9.17, 15) is 14.0 Å². The molecule has 5 heteroatoms. The maximum absolute atomic E-state index is 13.6. The van der Waals surface area contributed by atoms with E-state index in [1.54, 1.807) is 13.0 Å². The number of anilines is 1. The van der Waals surface area contributed by atoms with Gasteiger partial charge in [0.1, 0.15) is 11.9 Å². The summed E-state index contributed by atoms with van der Waals surface area (Å²) in [5.41, 5.74) is 0.893. The van der Waals surface area contributed by atoms with Gasteiger partial charge < -0.3 is 10.6 Å². The third kappa shape index (κ3) is 4.35. The van der Waals surface area contributed by atoms with Crippen molar-refractivity contribution in [3.63, 3.8) is 0 Å². The van der Waals surface area contributed by atoms with Gasteiger partial charge in [0.25, 0.3) is 0 Å². The van der Waals surface area contributed by atoms with Crippen molar-refractivity contribution in [3.8, 4) is 0 Å². The SMILES string of the molecule is CC(=O)N[C@H](C(=O)Nc1ccc(C)cc1F)C(C)C. The molecule has 0 bridgehead atoms. The summed E-state index contributed by atoms with van der Waals surface area (Å²) in [5.74, 6) is -1.29. The van der Waals surface area contributed by atoms with Crippen LogP contribution in [0.5, 0.6) is 0 Å². The van der Waals surface area contributed by atoms with E-state index in [0.29, 0.717) is 0 Å². The topological polar surface area (TPSA) is 58.2 Å². The van der Waals surface area contributed by atoms with E-state index < -0.39 is 17.8 Å². The fourth-order valence-corrected chi connectivity index (χ4v) is 1.69. The molecule has 1 rings (SSSR count). The zero-order valence-electron chi connectivity index (χ0n) is 11.6. The van der Waals surface area contributed by atoms with Crippen LogP contribution in [-0.2, 0) is 9.59 Å². The van der Waals surface area contributed by atoms with Crippen molar-refractivity contribution in [2.24, 2.45) is 5.92 Å². The first-order valence-electron chi connectivity index (χ1n) is 6.15. The molecule has 0 fully saturated rings. The van der Waals surface area contributed by atoms with Crippen molar-refractivity contribution in [2.75, 3.05) is 5.32 Å². The maximum Gasteiger partial charge on any atom is 0.247 e. The van der Waals surface area contributed by atoms with Gasteiger partial charge in [-0.3, -0.25) is 9.59 Å². The zero-order valence-corrected chi connectivity index (χ0v) is 11.6. The second-order valence-electron chi connectivity index (χ2n) is 4.89. The van der Waals surface area contributed by atoms with E-state index in [4.69, 9.17) is 0 Å². The van der Waals surface area contributed by atoms with E-state index in [0.717, 1.165) is 5.56 Å². The van der Waals surface area contributed by atoms with E-state index >= 15 is 0 Å². The highest BCUT2D eigenvalue weighted by Crippen LogP contribution is 2.16. The first-order valence-corrected chi connectivity index (χ1v) is 6.15. The lowest BCUT2D eigenvalue weighted by Crippen LogP contribution is -2.46. The highest BCUT2D eigenvalue weighted by atomic mass is 19.1. The number of rotatable bonds is 4. The quantitative estimate of drug-likeness (QED) is 0.878. The Kier molecular flexibility index (Phi) is 5.03. The Balaban J connectivity index is 2.84. The van der Waals surface area contributed by atoms with Crippen LogP contribution in [0.1, 0.15) is 26.3 Å². The fraction of sp³-hybridized carbons (Fsp3) is 0.429. The van der Waals surface area contributed by atoms with Gasteiger partial charge in [0.05, 0.1) is 5.69 Å². The van der Waals surface area contributed by atoms with Crippen LogP contribution in [0.2, 0.25) is 0 Å². The third-order valence-corrected chi connectivity index (χ3v) is 2.69. The molecule has 0 saturated carbocycles. The average molecular weight is 266 g/mol. The molecule has 0 unspecified atom stereocenters. The first-order chi connectivity index (χ1) is 8.81. The van der Waals surface area contributed by atoms with Gasteiger partial charge in [-0.25, -0.2) is 4.39 Å². The van der Waals surface area contributed by atoms with Crippen LogP contribution < -0.4 is 10.6 Å². The van der Waals surface area contributed by atoms with Crippen LogP contribution in [0, 0.1) is 18.7 Å². The number of carbonyl (C=O) groups is 2. The number of halogens is 1. The summed E-state index contributed by atoms with van der Waals surface area (Å²) in [6.45, 7) is 6.73. The number of amides is 2. The summed E-state index contributed by atoms with van der Waals surface area (Å²) in [5, 5.41) is 5.05. The summed E-state index contributed by atoms with van der Waals surface area (Å²) in [6.07, 6.45) is 0. The smallest absolute Gasteiger partial charge is 0.247 e. The fourth-order valence-electron chi connectivity index (χ4n) is 1.69. The number of aryl methyl sites for hydroxylation is 1. The highest BCUT2D eigenvalue weighted by Gasteiger charge is 2.23. The summed E-state index contributed by atoms with van der Waals surface area (Å²) in [4.78, 5) is 23.1. The Bertz CT molecular complexity index is 486. The molecule has 1 aromatic rings. The van der Waals surface area contributed by atoms with Crippen LogP contribution in [0.25, 0.3) is 0 Å². The van der Waals surface area contributed by atoms with Gasteiger partial charge in [-0.05, 0) is 30.5 Å². The van der Waals surface area contributed by atoms with Crippen molar-refractivity contribution in [2.45, 2.75) is 33.7 Å². The molecule has 0 saturated heterocycles. The van der Waals surface area contributed by atoms with Gasteiger partial charge in [-0.15, -0.1) is 0 Å². The molecule has 2 amide bonds. The Morgan fingerprint density at radius 2 is 1.89 bits per heavy atom. The van der Waals surface area contributed by atoms with Gasteiger partial charge in [-0.1, -0.05) is 19.9 Å². The van der Waals surface area contributed by atoms with E-state index in [-0.39, 0.29) is 17.5 Å². The molecule has 0 spiro atoms. The molecule has 0 aliphatic carbocycles. The minimum absolute atomic E-state index is 0.0857. The Morgan fingerprint density at radius 1 is 1.26 bits per heavy atom. The van der Waals surface area contributed by atoms with Crippen LogP contribution >= 0.6 is 0 Å². The highest BCUT2D eigenvalue weighted by molar-refractivity contribution is 5.97. The summed E-state index contributed by atoms with van der Waals surface area (Å²) in [6, 6.07) is 3.88. The second-order valence-corrected chi connectivity index (χ2v) is 4.89. The van der Waals surface area contributed by atoms with Crippen LogP contribution in [0.15, 0.2) is 18.2 Å². The van der Waals surface area contributed by atoms with Crippen molar-refractivity contribution in [1.29, 1.82) is 0 Å². The average Bonchev–Trinajstić information content (AvgIpc) is 2.29. The molecule has 0 aliphatic heterocycles. The predicted molar refractivity (Wildman–Crippen MR) is 72.2 cm³/mol. The molecule has 104 valence electrons. The number of hydrogen-bond donors (Lipinski definition) is 2. The molecule has 0 aliphatic rings. The van der Waals surface area contributed by atoms with E-state index in [1.807, 2.05) is 13.8 Å². The largest absolute Gasteiger partial charge is 0.344 e. The number of carbonyl (C=O) groups excluding carboxylic acids is 2. The van der Waals surface area contributed by atoms with Crippen molar-refractivity contribution >= 4 is 17.5 Å². The van der Waals surface area contributed by atoms with Crippen molar-refractivity contribution in [1.82, 2.24) is 5.32 Å². The number of hydrogen-bond acceptors (Lipinski definition) is 2. The van der Waals surface area contributed by atoms with Crippen LogP contribution in [0.4, 0.5) is 10.1 Å². The molecule has 19 heavy (non-hydrogen) atoms. The van der Waals surface area contributed by atoms with E-state index in [1.165, 1.54) is 19.1 Å². The Morgan fingerprint density at radius 3 is 2.37 bits per heavy atom. The monoisotopic (exact) mass is 266 g/mol. The lowest BCUT2D eigenvalue weighted by atomic mass is 10.0. The number of benzene rings is 1.